The summed E-state index contributed by atoms with van der Waals surface area (Å²) in [6.45, 7) is 1.67. The summed E-state index contributed by atoms with van der Waals surface area (Å²) in [5.41, 5.74) is 0. The van der Waals surface area contributed by atoms with Gasteiger partial charge in [-0.2, -0.15) is 4.98 Å². The van der Waals surface area contributed by atoms with Crippen LogP contribution in [0.4, 0.5) is 0 Å². The Balaban J connectivity index is 1.50. The molecule has 122 valence electrons. The molecule has 0 atom stereocenters. The van der Waals surface area contributed by atoms with E-state index < -0.39 is 0 Å². The molecule has 0 unspecified atom stereocenters. The van der Waals surface area contributed by atoms with Crippen LogP contribution >= 0.6 is 0 Å². The van der Waals surface area contributed by atoms with Crippen molar-refractivity contribution in [2.24, 2.45) is 0 Å². The normalized spacial score (nSPS) is 11.4. The van der Waals surface area contributed by atoms with Gasteiger partial charge in [0, 0.05) is 0 Å². The summed E-state index contributed by atoms with van der Waals surface area (Å²) < 4.78 is 21.5. The van der Waals surface area contributed by atoms with Crippen molar-refractivity contribution in [3.63, 3.8) is 0 Å². The Labute approximate surface area is 137 Å². The fraction of sp³-hybridized carbons (Fsp3) is 0.176. The van der Waals surface area contributed by atoms with Crippen molar-refractivity contribution in [3.05, 3.63) is 72.6 Å². The van der Waals surface area contributed by atoms with Crippen LogP contribution in [0.5, 0.6) is 0 Å². The zero-order valence-electron chi connectivity index (χ0n) is 12.8. The van der Waals surface area contributed by atoms with E-state index in [0.717, 1.165) is 11.5 Å². The van der Waals surface area contributed by atoms with Gasteiger partial charge in [-0.1, -0.05) is 5.16 Å². The van der Waals surface area contributed by atoms with Crippen molar-refractivity contribution in [1.82, 2.24) is 15.0 Å². The summed E-state index contributed by atoms with van der Waals surface area (Å²) >= 11 is 0. The molecule has 4 aromatic heterocycles. The van der Waals surface area contributed by atoms with E-state index >= 15 is 0 Å². The van der Waals surface area contributed by atoms with Crippen LogP contribution in [0.2, 0.25) is 0 Å². The van der Waals surface area contributed by atoms with Crippen molar-refractivity contribution >= 4 is 0 Å². The first kappa shape index (κ1) is 14.5. The van der Waals surface area contributed by atoms with Gasteiger partial charge in [0.1, 0.15) is 11.5 Å². The number of hydrogen-bond donors (Lipinski definition) is 0. The summed E-state index contributed by atoms with van der Waals surface area (Å²) in [7, 11) is 0. The molecule has 0 bridgehead atoms. The van der Waals surface area contributed by atoms with Crippen LogP contribution in [0, 0.1) is 0 Å². The Morgan fingerprint density at radius 2 is 1.46 bits per heavy atom. The average molecular weight is 325 g/mol. The standard InChI is InChI=1S/C17H15N3O4/c1-4-13(21-7-1)10-20(11-14-5-2-8-22-14)12-16-18-17(19-24-16)15-6-3-9-23-15/h1-9H,10-12H2. The molecule has 0 aromatic carbocycles. The monoisotopic (exact) mass is 325 g/mol. The maximum atomic E-state index is 5.43. The number of hydrogen-bond acceptors (Lipinski definition) is 7. The van der Waals surface area contributed by atoms with E-state index in [9.17, 15) is 0 Å². The first-order valence-electron chi connectivity index (χ1n) is 7.50. The number of nitrogens with zero attached hydrogens (tertiary/aromatic N) is 3. The highest BCUT2D eigenvalue weighted by atomic mass is 16.5. The fourth-order valence-corrected chi connectivity index (χ4v) is 2.43. The molecule has 7 nitrogen and oxygen atoms in total. The Morgan fingerprint density at radius 1 is 0.792 bits per heavy atom. The molecule has 0 aliphatic rings. The van der Waals surface area contributed by atoms with Gasteiger partial charge >= 0.3 is 0 Å². The molecule has 0 aliphatic carbocycles. The first-order chi connectivity index (χ1) is 11.9. The van der Waals surface area contributed by atoms with Gasteiger partial charge < -0.3 is 17.8 Å². The van der Waals surface area contributed by atoms with Gasteiger partial charge in [-0.25, -0.2) is 0 Å². The first-order valence-corrected chi connectivity index (χ1v) is 7.50. The van der Waals surface area contributed by atoms with Crippen LogP contribution < -0.4 is 0 Å². The van der Waals surface area contributed by atoms with Gasteiger partial charge in [0.2, 0.25) is 11.7 Å². The Kier molecular flexibility index (Phi) is 3.99. The predicted octanol–water partition coefficient (Wildman–Crippen LogP) is 3.72. The third kappa shape index (κ3) is 3.31. The van der Waals surface area contributed by atoms with Crippen molar-refractivity contribution in [2.45, 2.75) is 19.6 Å². The third-order valence-electron chi connectivity index (χ3n) is 3.49. The fourth-order valence-electron chi connectivity index (χ4n) is 2.43. The van der Waals surface area contributed by atoms with E-state index in [1.54, 1.807) is 30.9 Å². The second-order valence-electron chi connectivity index (χ2n) is 5.29. The molecule has 24 heavy (non-hydrogen) atoms. The molecule has 0 radical (unpaired) electrons. The zero-order chi connectivity index (χ0) is 16.2. The van der Waals surface area contributed by atoms with E-state index in [2.05, 4.69) is 15.0 Å². The molecule has 0 N–H and O–H groups in total. The SMILES string of the molecule is c1coc(CN(Cc2ccco2)Cc2nc(-c3ccco3)no2)c1. The van der Waals surface area contributed by atoms with Gasteiger partial charge in [-0.15, -0.1) is 0 Å². The van der Waals surface area contributed by atoms with Gasteiger partial charge in [0.15, 0.2) is 5.76 Å². The number of aromatic nitrogens is 2. The van der Waals surface area contributed by atoms with Crippen molar-refractivity contribution in [2.75, 3.05) is 0 Å². The molecule has 0 saturated heterocycles. The van der Waals surface area contributed by atoms with Crippen LogP contribution in [-0.2, 0) is 19.6 Å². The highest BCUT2D eigenvalue weighted by Crippen LogP contribution is 2.18. The minimum atomic E-state index is 0.436. The minimum Gasteiger partial charge on any atom is -0.468 e. The maximum absolute atomic E-state index is 5.43. The topological polar surface area (TPSA) is 81.6 Å². The van der Waals surface area contributed by atoms with Crippen LogP contribution in [0.15, 0.2) is 73.0 Å². The average Bonchev–Trinajstić information content (AvgIpc) is 3.37. The minimum absolute atomic E-state index is 0.436. The molecular formula is C17H15N3O4. The molecule has 0 aliphatic heterocycles. The van der Waals surface area contributed by atoms with Crippen LogP contribution in [0.3, 0.4) is 0 Å². The molecule has 0 spiro atoms. The van der Waals surface area contributed by atoms with E-state index in [1.165, 1.54) is 0 Å². The molecule has 7 heteroatoms. The summed E-state index contributed by atoms with van der Waals surface area (Å²) in [4.78, 5) is 6.47. The highest BCUT2D eigenvalue weighted by molar-refractivity contribution is 5.44. The summed E-state index contributed by atoms with van der Waals surface area (Å²) in [5.74, 6) is 3.22. The Hall–Kier alpha value is -3.06. The molecule has 0 amide bonds. The summed E-state index contributed by atoms with van der Waals surface area (Å²) in [6.07, 6.45) is 4.88. The lowest BCUT2D eigenvalue weighted by Crippen LogP contribution is -2.22. The quantitative estimate of drug-likeness (QED) is 0.512. The zero-order valence-corrected chi connectivity index (χ0v) is 12.8. The van der Waals surface area contributed by atoms with E-state index in [-0.39, 0.29) is 0 Å². The summed E-state index contributed by atoms with van der Waals surface area (Å²) in [6, 6.07) is 11.2. The Bertz CT molecular complexity index is 812. The van der Waals surface area contributed by atoms with Gasteiger partial charge in [0.05, 0.1) is 38.4 Å². The smallest absolute Gasteiger partial charge is 0.241 e. The number of rotatable bonds is 7. The number of furan rings is 3. The molecule has 0 fully saturated rings. The molecular weight excluding hydrogens is 310 g/mol. The lowest BCUT2D eigenvalue weighted by Gasteiger charge is -2.17. The maximum Gasteiger partial charge on any atom is 0.241 e. The summed E-state index contributed by atoms with van der Waals surface area (Å²) in [5, 5.41) is 3.95. The second-order valence-corrected chi connectivity index (χ2v) is 5.29. The lowest BCUT2D eigenvalue weighted by atomic mass is 10.3. The van der Waals surface area contributed by atoms with E-state index in [0.29, 0.717) is 37.1 Å². The molecule has 4 aromatic rings. The van der Waals surface area contributed by atoms with Gasteiger partial charge in [0.25, 0.3) is 0 Å². The van der Waals surface area contributed by atoms with Crippen LogP contribution in [0.25, 0.3) is 11.6 Å². The molecule has 4 heterocycles. The second kappa shape index (κ2) is 6.59. The largest absolute Gasteiger partial charge is 0.468 e. The molecule has 0 saturated carbocycles. The Morgan fingerprint density at radius 3 is 2.04 bits per heavy atom. The van der Waals surface area contributed by atoms with Gasteiger partial charge in [-0.3, -0.25) is 4.90 Å². The van der Waals surface area contributed by atoms with E-state index in [4.69, 9.17) is 17.8 Å². The van der Waals surface area contributed by atoms with Crippen molar-refractivity contribution in [3.8, 4) is 11.6 Å². The highest BCUT2D eigenvalue weighted by Gasteiger charge is 2.17. The van der Waals surface area contributed by atoms with Crippen molar-refractivity contribution < 1.29 is 17.8 Å². The predicted molar refractivity (Wildman–Crippen MR) is 82.4 cm³/mol. The van der Waals surface area contributed by atoms with Crippen LogP contribution in [-0.4, -0.2) is 15.0 Å². The third-order valence-corrected chi connectivity index (χ3v) is 3.49. The van der Waals surface area contributed by atoms with Gasteiger partial charge in [-0.05, 0) is 36.4 Å². The van der Waals surface area contributed by atoms with Crippen LogP contribution in [0.1, 0.15) is 17.4 Å². The van der Waals surface area contributed by atoms with Crippen molar-refractivity contribution in [1.29, 1.82) is 0 Å². The lowest BCUT2D eigenvalue weighted by molar-refractivity contribution is 0.183. The molecule has 4 rings (SSSR count). The van der Waals surface area contributed by atoms with E-state index in [1.807, 2.05) is 24.3 Å².